The molecule has 1 unspecified atom stereocenters. The summed E-state index contributed by atoms with van der Waals surface area (Å²) in [4.78, 5) is 22.4. The van der Waals surface area contributed by atoms with Crippen LogP contribution in [0.4, 0.5) is 4.79 Å². The zero-order chi connectivity index (χ0) is 15.0. The molecule has 0 saturated heterocycles. The van der Waals surface area contributed by atoms with Crippen LogP contribution in [0.15, 0.2) is 0 Å². The number of hydrogen-bond donors (Lipinski definition) is 3. The van der Waals surface area contributed by atoms with Crippen LogP contribution in [-0.2, 0) is 4.79 Å². The van der Waals surface area contributed by atoms with Gasteiger partial charge in [0, 0.05) is 19.5 Å². The van der Waals surface area contributed by atoms with Crippen LogP contribution in [0.2, 0.25) is 0 Å². The second-order valence-electron chi connectivity index (χ2n) is 6.32. The van der Waals surface area contributed by atoms with E-state index in [9.17, 15) is 9.59 Å². The number of urea groups is 1. The van der Waals surface area contributed by atoms with Crippen molar-refractivity contribution in [2.45, 2.75) is 52.4 Å². The van der Waals surface area contributed by atoms with Gasteiger partial charge in [-0.1, -0.05) is 26.7 Å². The molecule has 1 aliphatic carbocycles. The van der Waals surface area contributed by atoms with E-state index in [1.807, 2.05) is 0 Å². The summed E-state index contributed by atoms with van der Waals surface area (Å²) in [5.41, 5.74) is 0. The fraction of sp³-hybridized carbons (Fsp3) is 0.867. The van der Waals surface area contributed by atoms with Crippen LogP contribution in [0.5, 0.6) is 0 Å². The van der Waals surface area contributed by atoms with Gasteiger partial charge in [-0.05, 0) is 37.0 Å². The monoisotopic (exact) mass is 284 g/mol. The highest BCUT2D eigenvalue weighted by molar-refractivity contribution is 5.74. The number of carbonyl (C=O) groups is 2. The topological polar surface area (TPSA) is 78.4 Å². The van der Waals surface area contributed by atoms with Crippen LogP contribution >= 0.6 is 0 Å². The van der Waals surface area contributed by atoms with Gasteiger partial charge in [-0.15, -0.1) is 0 Å². The van der Waals surface area contributed by atoms with Gasteiger partial charge in [0.25, 0.3) is 0 Å². The number of nitrogens with one attached hydrogen (secondary N) is 2. The maximum Gasteiger partial charge on any atom is 0.314 e. The molecule has 0 aromatic heterocycles. The molecule has 1 aliphatic rings. The highest BCUT2D eigenvalue weighted by Crippen LogP contribution is 2.33. The summed E-state index contributed by atoms with van der Waals surface area (Å²) in [6.07, 6.45) is 5.85. The lowest BCUT2D eigenvalue weighted by atomic mass is 9.94. The number of carboxylic acid groups (broad SMARTS) is 1. The molecule has 2 amide bonds. The lowest BCUT2D eigenvalue weighted by Gasteiger charge is -2.18. The fourth-order valence-electron chi connectivity index (χ4n) is 2.45. The predicted molar refractivity (Wildman–Crippen MR) is 78.6 cm³/mol. The van der Waals surface area contributed by atoms with Crippen molar-refractivity contribution in [3.63, 3.8) is 0 Å². The van der Waals surface area contributed by atoms with Gasteiger partial charge in [0.2, 0.25) is 0 Å². The van der Waals surface area contributed by atoms with Crippen LogP contribution in [0, 0.1) is 17.8 Å². The first-order valence-electron chi connectivity index (χ1n) is 7.70. The Labute approximate surface area is 121 Å². The molecule has 5 nitrogen and oxygen atoms in total. The highest BCUT2D eigenvalue weighted by atomic mass is 16.4. The van der Waals surface area contributed by atoms with E-state index in [0.29, 0.717) is 19.0 Å². The van der Waals surface area contributed by atoms with Gasteiger partial charge < -0.3 is 15.7 Å². The van der Waals surface area contributed by atoms with Gasteiger partial charge in [0.15, 0.2) is 0 Å². The molecule has 0 aliphatic heterocycles. The molecular formula is C15H28N2O3. The van der Waals surface area contributed by atoms with E-state index in [0.717, 1.165) is 18.8 Å². The van der Waals surface area contributed by atoms with Gasteiger partial charge >= 0.3 is 12.0 Å². The van der Waals surface area contributed by atoms with E-state index in [4.69, 9.17) is 5.11 Å². The van der Waals surface area contributed by atoms with Crippen LogP contribution < -0.4 is 10.6 Å². The van der Waals surface area contributed by atoms with E-state index in [1.54, 1.807) is 0 Å². The lowest BCUT2D eigenvalue weighted by Crippen LogP contribution is -2.39. The maximum absolute atomic E-state index is 11.6. The maximum atomic E-state index is 11.6. The number of amides is 2. The number of rotatable bonds is 10. The van der Waals surface area contributed by atoms with Gasteiger partial charge in [0.1, 0.15) is 0 Å². The minimum atomic E-state index is -0.803. The first kappa shape index (κ1) is 16.8. The van der Waals surface area contributed by atoms with Crippen LogP contribution in [0.1, 0.15) is 52.4 Å². The molecule has 1 fully saturated rings. The second-order valence-corrected chi connectivity index (χ2v) is 6.32. The zero-order valence-electron chi connectivity index (χ0n) is 12.7. The highest BCUT2D eigenvalue weighted by Gasteiger charge is 2.20. The van der Waals surface area contributed by atoms with Crippen LogP contribution in [0.25, 0.3) is 0 Å². The Morgan fingerprint density at radius 3 is 2.50 bits per heavy atom. The van der Waals surface area contributed by atoms with Gasteiger partial charge in [-0.25, -0.2) is 4.79 Å². The molecule has 0 bridgehead atoms. The Morgan fingerprint density at radius 2 is 1.95 bits per heavy atom. The van der Waals surface area contributed by atoms with E-state index >= 15 is 0 Å². The standard InChI is InChI=1S/C15H28N2O3/c1-11(2)8-13(9-14(18)19)10-17-15(20)16-7-3-4-12-5-6-12/h11-13H,3-10H2,1-2H3,(H,18,19)(H2,16,17,20). The SMILES string of the molecule is CC(C)CC(CNC(=O)NCCCC1CC1)CC(=O)O. The van der Waals surface area contributed by atoms with E-state index in [2.05, 4.69) is 24.5 Å². The Balaban J connectivity index is 2.12. The number of aliphatic carboxylic acids is 1. The molecule has 0 radical (unpaired) electrons. The van der Waals surface area contributed by atoms with Crippen LogP contribution in [0.3, 0.4) is 0 Å². The fourth-order valence-corrected chi connectivity index (χ4v) is 2.45. The minimum absolute atomic E-state index is 0.00436. The first-order valence-corrected chi connectivity index (χ1v) is 7.70. The molecule has 0 spiro atoms. The van der Waals surface area contributed by atoms with E-state index in [-0.39, 0.29) is 18.4 Å². The smallest absolute Gasteiger partial charge is 0.314 e. The summed E-state index contributed by atoms with van der Waals surface area (Å²) in [5.74, 6) is 0.528. The number of hydrogen-bond acceptors (Lipinski definition) is 2. The van der Waals surface area contributed by atoms with Crippen molar-refractivity contribution in [1.82, 2.24) is 10.6 Å². The van der Waals surface area contributed by atoms with Crippen molar-refractivity contribution >= 4 is 12.0 Å². The quantitative estimate of drug-likeness (QED) is 0.540. The Kier molecular flexibility index (Phi) is 7.41. The molecule has 116 valence electrons. The van der Waals surface area contributed by atoms with E-state index < -0.39 is 5.97 Å². The second kappa shape index (κ2) is 8.82. The average Bonchev–Trinajstić information content (AvgIpc) is 3.14. The molecule has 1 atom stereocenters. The molecule has 3 N–H and O–H groups in total. The summed E-state index contributed by atoms with van der Waals surface area (Å²) < 4.78 is 0. The number of carboxylic acids is 1. The van der Waals surface area contributed by atoms with Gasteiger partial charge in [-0.3, -0.25) is 4.79 Å². The van der Waals surface area contributed by atoms with Gasteiger partial charge in [0.05, 0.1) is 0 Å². The molecule has 0 heterocycles. The third-order valence-electron chi connectivity index (χ3n) is 3.59. The van der Waals surface area contributed by atoms with Crippen molar-refractivity contribution < 1.29 is 14.7 Å². The van der Waals surface area contributed by atoms with Crippen molar-refractivity contribution in [2.24, 2.45) is 17.8 Å². The minimum Gasteiger partial charge on any atom is -0.481 e. The van der Waals surface area contributed by atoms with Crippen molar-refractivity contribution in [3.8, 4) is 0 Å². The lowest BCUT2D eigenvalue weighted by molar-refractivity contribution is -0.138. The third kappa shape index (κ3) is 8.77. The molecule has 1 saturated carbocycles. The zero-order valence-corrected chi connectivity index (χ0v) is 12.7. The van der Waals surface area contributed by atoms with Crippen molar-refractivity contribution in [1.29, 1.82) is 0 Å². The third-order valence-corrected chi connectivity index (χ3v) is 3.59. The van der Waals surface area contributed by atoms with Crippen molar-refractivity contribution in [2.75, 3.05) is 13.1 Å². The molecule has 1 rings (SSSR count). The van der Waals surface area contributed by atoms with Gasteiger partial charge in [-0.2, -0.15) is 0 Å². The van der Waals surface area contributed by atoms with Crippen LogP contribution in [-0.4, -0.2) is 30.2 Å². The summed E-state index contributed by atoms with van der Waals surface area (Å²) >= 11 is 0. The Hall–Kier alpha value is -1.26. The summed E-state index contributed by atoms with van der Waals surface area (Å²) in [6.45, 7) is 5.26. The average molecular weight is 284 g/mol. The largest absolute Gasteiger partial charge is 0.481 e. The first-order chi connectivity index (χ1) is 9.47. The summed E-state index contributed by atoms with van der Waals surface area (Å²) in [6, 6.07) is -0.181. The molecule has 20 heavy (non-hydrogen) atoms. The number of carbonyl (C=O) groups excluding carboxylic acids is 1. The Bertz CT molecular complexity index is 314. The normalized spacial score (nSPS) is 15.9. The molecule has 0 aromatic rings. The summed E-state index contributed by atoms with van der Waals surface area (Å²) in [5, 5.41) is 14.5. The summed E-state index contributed by atoms with van der Waals surface area (Å²) in [7, 11) is 0. The predicted octanol–water partition coefficient (Wildman–Crippen LogP) is 2.61. The molecule has 0 aromatic carbocycles. The van der Waals surface area contributed by atoms with Crippen molar-refractivity contribution in [3.05, 3.63) is 0 Å². The molecular weight excluding hydrogens is 256 g/mol. The molecule has 5 heteroatoms. The Morgan fingerprint density at radius 1 is 1.25 bits per heavy atom. The van der Waals surface area contributed by atoms with E-state index in [1.165, 1.54) is 19.3 Å².